The molecule has 0 unspecified atom stereocenters. The number of nitrogens with zero attached hydrogens (tertiary/aromatic N) is 4. The number of hydrogen-bond acceptors (Lipinski definition) is 8. The Morgan fingerprint density at radius 1 is 0.933 bits per heavy atom. The van der Waals surface area contributed by atoms with Crippen LogP contribution in [0.3, 0.4) is 0 Å². The molecule has 0 radical (unpaired) electrons. The lowest BCUT2D eigenvalue weighted by Gasteiger charge is -1.92. The highest BCUT2D eigenvalue weighted by molar-refractivity contribution is 9.10. The molecule has 0 aliphatic carbocycles. The number of aromatic nitrogens is 4. The van der Waals surface area contributed by atoms with E-state index in [9.17, 15) is 0 Å². The van der Waals surface area contributed by atoms with E-state index in [1.807, 2.05) is 0 Å². The Morgan fingerprint density at radius 2 is 1.40 bits per heavy atom. The Labute approximate surface area is 119 Å². The minimum atomic E-state index is 0.652. The van der Waals surface area contributed by atoms with Gasteiger partial charge in [-0.2, -0.15) is 8.75 Å². The third kappa shape index (κ3) is 3.93. The van der Waals surface area contributed by atoms with E-state index in [1.54, 1.807) is 23.5 Å². The van der Waals surface area contributed by atoms with E-state index in [-0.39, 0.29) is 0 Å². The van der Waals surface area contributed by atoms with Gasteiger partial charge in [-0.25, -0.2) is 9.97 Å². The van der Waals surface area contributed by atoms with Crippen molar-refractivity contribution in [2.45, 2.75) is 8.68 Å². The molecule has 0 saturated carbocycles. The number of halogens is 2. The minimum Gasteiger partial charge on any atom is -0.202 e. The molecule has 2 rings (SSSR count). The smallest absolute Gasteiger partial charge is 0.202 e. The second-order valence-electron chi connectivity index (χ2n) is 2.07. The van der Waals surface area contributed by atoms with Gasteiger partial charge in [0.15, 0.2) is 8.68 Å². The predicted molar refractivity (Wildman–Crippen MR) is 71.8 cm³/mol. The molecule has 0 aliphatic rings. The van der Waals surface area contributed by atoms with E-state index in [2.05, 4.69) is 50.6 Å². The maximum absolute atomic E-state index is 4.18. The third-order valence-electron chi connectivity index (χ3n) is 1.13. The van der Waals surface area contributed by atoms with Crippen molar-refractivity contribution >= 4 is 78.4 Å². The van der Waals surface area contributed by atoms with Crippen LogP contribution in [0.25, 0.3) is 0 Å². The molecular weight excluding hydrogens is 404 g/mol. The SMILES string of the molecule is Brc1nsc(SCSc2nc(Br)ns2)n1. The van der Waals surface area contributed by atoms with E-state index in [0.717, 1.165) is 13.8 Å². The molecule has 0 amide bonds. The van der Waals surface area contributed by atoms with Crippen molar-refractivity contribution in [3.8, 4) is 0 Å². The third-order valence-corrected chi connectivity index (χ3v) is 6.11. The number of rotatable bonds is 4. The fourth-order valence-electron chi connectivity index (χ4n) is 0.633. The summed E-state index contributed by atoms with van der Waals surface area (Å²) in [6.45, 7) is 0. The first-order valence-corrected chi connectivity index (χ1v) is 8.58. The van der Waals surface area contributed by atoms with Crippen LogP contribution in [0.5, 0.6) is 0 Å². The average Bonchev–Trinajstić information content (AvgIpc) is 2.76. The molecule has 0 spiro atoms. The summed E-state index contributed by atoms with van der Waals surface area (Å²) in [5.74, 6) is 0. The molecule has 10 heteroatoms. The van der Waals surface area contributed by atoms with Gasteiger partial charge in [-0.3, -0.25) is 0 Å². The highest BCUT2D eigenvalue weighted by Gasteiger charge is 2.05. The van der Waals surface area contributed by atoms with Crippen molar-refractivity contribution in [2.24, 2.45) is 0 Å². The fraction of sp³-hybridized carbons (Fsp3) is 0.200. The molecule has 4 nitrogen and oxygen atoms in total. The average molecular weight is 406 g/mol. The summed E-state index contributed by atoms with van der Waals surface area (Å²) in [6, 6.07) is 0. The fourth-order valence-corrected chi connectivity index (χ4v) is 5.39. The van der Waals surface area contributed by atoms with Crippen LogP contribution >= 0.6 is 78.4 Å². The molecule has 2 aromatic heterocycles. The van der Waals surface area contributed by atoms with Crippen LogP contribution in [0.2, 0.25) is 0 Å². The van der Waals surface area contributed by atoms with E-state index in [4.69, 9.17) is 0 Å². The monoisotopic (exact) mass is 404 g/mol. The zero-order chi connectivity index (χ0) is 10.7. The lowest BCUT2D eigenvalue weighted by Crippen LogP contribution is -1.73. The van der Waals surface area contributed by atoms with Crippen LogP contribution in [0.4, 0.5) is 0 Å². The summed E-state index contributed by atoms with van der Waals surface area (Å²) in [6.07, 6.45) is 0. The molecule has 0 fully saturated rings. The summed E-state index contributed by atoms with van der Waals surface area (Å²) < 4.78 is 11.3. The van der Waals surface area contributed by atoms with E-state index < -0.39 is 0 Å². The van der Waals surface area contributed by atoms with Crippen LogP contribution in [-0.2, 0) is 0 Å². The van der Waals surface area contributed by atoms with E-state index >= 15 is 0 Å². The molecule has 80 valence electrons. The normalized spacial score (nSPS) is 10.8. The molecule has 2 aromatic rings. The highest BCUT2D eigenvalue weighted by Crippen LogP contribution is 2.30. The van der Waals surface area contributed by atoms with Gasteiger partial charge in [-0.15, -0.1) is 0 Å². The highest BCUT2D eigenvalue weighted by atomic mass is 79.9. The first-order valence-electron chi connectivity index (χ1n) is 3.48. The second kappa shape index (κ2) is 5.92. The van der Waals surface area contributed by atoms with Crippen LogP contribution in [-0.4, -0.2) is 23.8 Å². The van der Waals surface area contributed by atoms with Gasteiger partial charge in [-0.1, -0.05) is 23.5 Å². The topological polar surface area (TPSA) is 51.6 Å². The molecular formula is C5H2Br2N4S4. The zero-order valence-electron chi connectivity index (χ0n) is 6.88. The molecule has 0 bridgehead atoms. The standard InChI is InChI=1S/C5H2Br2N4S4/c6-2-8-4(14-10-2)12-1-13-5-9-3(7)11-15-5/h1H2. The summed E-state index contributed by atoms with van der Waals surface area (Å²) in [4.78, 5) is 8.36. The zero-order valence-corrected chi connectivity index (χ0v) is 13.3. The minimum absolute atomic E-state index is 0.652. The van der Waals surface area contributed by atoms with Crippen molar-refractivity contribution in [2.75, 3.05) is 5.08 Å². The van der Waals surface area contributed by atoms with Crippen molar-refractivity contribution in [1.82, 2.24) is 18.7 Å². The first kappa shape index (κ1) is 12.2. The van der Waals surface area contributed by atoms with Crippen molar-refractivity contribution in [3.05, 3.63) is 9.47 Å². The van der Waals surface area contributed by atoms with Gasteiger partial charge < -0.3 is 0 Å². The van der Waals surface area contributed by atoms with Gasteiger partial charge in [0.05, 0.1) is 5.08 Å². The van der Waals surface area contributed by atoms with Gasteiger partial charge in [0.2, 0.25) is 9.47 Å². The van der Waals surface area contributed by atoms with Gasteiger partial charge >= 0.3 is 0 Å². The Hall–Kier alpha value is 0.780. The van der Waals surface area contributed by atoms with Crippen LogP contribution in [0, 0.1) is 0 Å². The van der Waals surface area contributed by atoms with Gasteiger partial charge in [0, 0.05) is 0 Å². The molecule has 0 N–H and O–H groups in total. The van der Waals surface area contributed by atoms with Gasteiger partial charge in [0.25, 0.3) is 0 Å². The summed E-state index contributed by atoms with van der Waals surface area (Å²) in [5.41, 5.74) is 0. The van der Waals surface area contributed by atoms with Gasteiger partial charge in [0.1, 0.15) is 0 Å². The summed E-state index contributed by atoms with van der Waals surface area (Å²) in [7, 11) is 0. The Morgan fingerprint density at radius 3 is 1.73 bits per heavy atom. The lowest BCUT2D eigenvalue weighted by atomic mass is 11.3. The Kier molecular flexibility index (Phi) is 4.83. The molecule has 15 heavy (non-hydrogen) atoms. The lowest BCUT2D eigenvalue weighted by molar-refractivity contribution is 1.16. The number of hydrogen-bond donors (Lipinski definition) is 0. The molecule has 0 saturated heterocycles. The molecule has 0 aromatic carbocycles. The summed E-state index contributed by atoms with van der Waals surface area (Å²) in [5, 5.41) is 0.864. The van der Waals surface area contributed by atoms with Crippen molar-refractivity contribution in [1.29, 1.82) is 0 Å². The maximum Gasteiger partial charge on any atom is 0.210 e. The predicted octanol–water partition coefficient (Wildman–Crippen LogP) is 3.76. The molecule has 0 atom stereocenters. The number of thioether (sulfide) groups is 2. The quantitative estimate of drug-likeness (QED) is 0.570. The van der Waals surface area contributed by atoms with Crippen molar-refractivity contribution < 1.29 is 0 Å². The Balaban J connectivity index is 1.80. The van der Waals surface area contributed by atoms with E-state index in [0.29, 0.717) is 9.47 Å². The Bertz CT molecular complexity index is 403. The first-order chi connectivity index (χ1) is 7.24. The van der Waals surface area contributed by atoms with E-state index in [1.165, 1.54) is 23.1 Å². The maximum atomic E-state index is 4.18. The van der Waals surface area contributed by atoms with Crippen molar-refractivity contribution in [3.63, 3.8) is 0 Å². The van der Waals surface area contributed by atoms with Crippen LogP contribution in [0.15, 0.2) is 18.1 Å². The van der Waals surface area contributed by atoms with Gasteiger partial charge in [-0.05, 0) is 54.9 Å². The second-order valence-corrected chi connectivity index (χ2v) is 7.80. The summed E-state index contributed by atoms with van der Waals surface area (Å²) >= 11 is 12.5. The van der Waals surface area contributed by atoms with Crippen LogP contribution < -0.4 is 0 Å². The molecule has 2 heterocycles. The van der Waals surface area contributed by atoms with Crippen LogP contribution in [0.1, 0.15) is 0 Å². The molecule has 0 aliphatic heterocycles. The largest absolute Gasteiger partial charge is 0.210 e.